The van der Waals surface area contributed by atoms with Crippen molar-refractivity contribution in [2.75, 3.05) is 25.0 Å². The maximum absolute atomic E-state index is 13.4. The summed E-state index contributed by atoms with van der Waals surface area (Å²) in [5, 5.41) is 3.77. The molecule has 3 heterocycles. The summed E-state index contributed by atoms with van der Waals surface area (Å²) in [6.07, 6.45) is 3.27. The molecule has 0 atom stereocenters. The number of fused-ring (bicyclic) bond motifs is 3. The van der Waals surface area contributed by atoms with E-state index in [9.17, 15) is 13.6 Å². The largest absolute Gasteiger partial charge is 0.340 e. The van der Waals surface area contributed by atoms with Gasteiger partial charge < -0.3 is 20.5 Å². The zero-order chi connectivity index (χ0) is 24.5. The van der Waals surface area contributed by atoms with Gasteiger partial charge in [0.2, 0.25) is 0 Å². The van der Waals surface area contributed by atoms with E-state index in [1.54, 1.807) is 12.1 Å². The van der Waals surface area contributed by atoms with Crippen LogP contribution in [-0.2, 0) is 13.5 Å². The van der Waals surface area contributed by atoms with Crippen molar-refractivity contribution in [1.29, 1.82) is 0 Å². The van der Waals surface area contributed by atoms with E-state index in [1.165, 1.54) is 6.07 Å². The Balaban J connectivity index is 0.000000714. The highest BCUT2D eigenvalue weighted by Crippen LogP contribution is 2.31. The summed E-state index contributed by atoms with van der Waals surface area (Å²) in [6, 6.07) is 7.16. The summed E-state index contributed by atoms with van der Waals surface area (Å²) in [7, 11) is 1.89. The number of carbonyl (C=O) groups excluding carboxylic acids is 1. The number of nitrogens with zero attached hydrogens (tertiary/aromatic N) is 3. The predicted octanol–water partition coefficient (Wildman–Crippen LogP) is 5.16. The standard InChI is InChI=1S/C20H21F2N5O.C3H6.C2H6/c1-26-16-7-10-27(9-2-8-23)20(28)18(16)13-4-6-17(25-19(13)26)24-12-3-5-14(21)15(22)11-12;1-3-2;1-2/h3-6,11H,2,7-10,23H2,1H3,(H,24,25);3H,1H2,2H3;1-2H3. The van der Waals surface area contributed by atoms with Crippen LogP contribution in [0.5, 0.6) is 0 Å². The smallest absolute Gasteiger partial charge is 0.256 e. The minimum Gasteiger partial charge on any atom is -0.340 e. The van der Waals surface area contributed by atoms with Gasteiger partial charge in [-0.1, -0.05) is 19.9 Å². The number of nitrogens with two attached hydrogens (primary N) is 1. The monoisotopic (exact) mass is 457 g/mol. The first kappa shape index (κ1) is 26.0. The Morgan fingerprint density at radius 2 is 1.91 bits per heavy atom. The van der Waals surface area contributed by atoms with Gasteiger partial charge in [-0.3, -0.25) is 4.79 Å². The molecular formula is C25H33F2N5O. The number of benzene rings is 1. The molecule has 0 spiro atoms. The molecule has 33 heavy (non-hydrogen) atoms. The van der Waals surface area contributed by atoms with Crippen LogP contribution in [0.4, 0.5) is 20.3 Å². The number of rotatable bonds is 5. The molecular weight excluding hydrogens is 424 g/mol. The van der Waals surface area contributed by atoms with E-state index in [0.717, 1.165) is 36.1 Å². The van der Waals surface area contributed by atoms with Gasteiger partial charge in [0.05, 0.1) is 5.56 Å². The van der Waals surface area contributed by atoms with E-state index in [1.807, 2.05) is 43.4 Å². The topological polar surface area (TPSA) is 76.2 Å². The van der Waals surface area contributed by atoms with Gasteiger partial charge in [-0.15, -0.1) is 6.58 Å². The van der Waals surface area contributed by atoms with Crippen molar-refractivity contribution >= 4 is 28.4 Å². The third-order valence-electron chi connectivity index (χ3n) is 5.10. The molecule has 3 aromatic rings. The number of nitrogens with one attached hydrogen (secondary N) is 1. The molecule has 0 saturated carbocycles. The van der Waals surface area contributed by atoms with E-state index in [0.29, 0.717) is 42.4 Å². The highest BCUT2D eigenvalue weighted by Gasteiger charge is 2.30. The number of hydrogen-bond donors (Lipinski definition) is 2. The maximum atomic E-state index is 13.4. The molecule has 0 aliphatic carbocycles. The fourth-order valence-corrected chi connectivity index (χ4v) is 3.67. The molecule has 3 N–H and O–H groups in total. The molecule has 8 heteroatoms. The first-order chi connectivity index (χ1) is 15.9. The molecule has 1 amide bonds. The fraction of sp³-hybridized carbons (Fsp3) is 0.360. The van der Waals surface area contributed by atoms with Crippen LogP contribution < -0.4 is 11.1 Å². The van der Waals surface area contributed by atoms with E-state index in [2.05, 4.69) is 16.9 Å². The van der Waals surface area contributed by atoms with Gasteiger partial charge in [-0.25, -0.2) is 13.8 Å². The van der Waals surface area contributed by atoms with Crippen molar-refractivity contribution in [3.63, 3.8) is 0 Å². The average Bonchev–Trinajstić information content (AvgIpc) is 3.10. The lowest BCUT2D eigenvalue weighted by Gasteiger charge is -2.27. The van der Waals surface area contributed by atoms with Gasteiger partial charge >= 0.3 is 0 Å². The van der Waals surface area contributed by atoms with Crippen molar-refractivity contribution in [1.82, 2.24) is 14.5 Å². The van der Waals surface area contributed by atoms with Crippen LogP contribution in [0, 0.1) is 11.6 Å². The van der Waals surface area contributed by atoms with Crippen LogP contribution in [-0.4, -0.2) is 40.0 Å². The molecule has 2 aromatic heterocycles. The van der Waals surface area contributed by atoms with Crippen LogP contribution in [0.25, 0.3) is 11.0 Å². The number of pyridine rings is 1. The van der Waals surface area contributed by atoms with Crippen LogP contribution in [0.2, 0.25) is 0 Å². The fourth-order valence-electron chi connectivity index (χ4n) is 3.67. The quantitative estimate of drug-likeness (QED) is 0.519. The molecule has 1 aliphatic heterocycles. The van der Waals surface area contributed by atoms with Gasteiger partial charge in [-0.05, 0) is 44.2 Å². The Bertz CT molecular complexity index is 1110. The van der Waals surface area contributed by atoms with Crippen LogP contribution in [0.1, 0.15) is 43.2 Å². The average molecular weight is 458 g/mol. The van der Waals surface area contributed by atoms with E-state index >= 15 is 0 Å². The molecule has 178 valence electrons. The Labute approximate surface area is 194 Å². The molecule has 6 nitrogen and oxygen atoms in total. The minimum atomic E-state index is -0.927. The third-order valence-corrected chi connectivity index (χ3v) is 5.10. The lowest BCUT2D eigenvalue weighted by molar-refractivity contribution is 0.0739. The number of amides is 1. The molecule has 4 rings (SSSR count). The second-order valence-electron chi connectivity index (χ2n) is 7.29. The molecule has 1 aliphatic rings. The number of hydrogen-bond acceptors (Lipinski definition) is 4. The number of allylic oxidation sites excluding steroid dienone is 1. The van der Waals surface area contributed by atoms with Gasteiger partial charge in [0.1, 0.15) is 11.5 Å². The molecule has 1 aromatic carbocycles. The first-order valence-corrected chi connectivity index (χ1v) is 11.2. The zero-order valence-corrected chi connectivity index (χ0v) is 19.8. The molecule has 0 unspecified atom stereocenters. The van der Waals surface area contributed by atoms with Crippen LogP contribution >= 0.6 is 0 Å². The second kappa shape index (κ2) is 12.1. The second-order valence-corrected chi connectivity index (χ2v) is 7.29. The lowest BCUT2D eigenvalue weighted by atomic mass is 10.0. The van der Waals surface area contributed by atoms with E-state index in [-0.39, 0.29) is 5.91 Å². The summed E-state index contributed by atoms with van der Waals surface area (Å²) in [5.74, 6) is -1.34. The van der Waals surface area contributed by atoms with Crippen molar-refractivity contribution in [2.45, 2.75) is 33.6 Å². The van der Waals surface area contributed by atoms with Gasteiger partial charge in [-0.2, -0.15) is 0 Å². The van der Waals surface area contributed by atoms with Crippen molar-refractivity contribution in [3.8, 4) is 0 Å². The number of carbonyl (C=O) groups is 1. The van der Waals surface area contributed by atoms with Gasteiger partial charge in [0.25, 0.3) is 5.91 Å². The third kappa shape index (κ3) is 5.76. The van der Waals surface area contributed by atoms with Crippen molar-refractivity contribution in [2.24, 2.45) is 12.8 Å². The summed E-state index contributed by atoms with van der Waals surface area (Å²) in [6.45, 7) is 11.1. The number of halogens is 2. The maximum Gasteiger partial charge on any atom is 0.256 e. The van der Waals surface area contributed by atoms with Crippen molar-refractivity contribution < 1.29 is 13.6 Å². The Kier molecular flexibility index (Phi) is 9.54. The van der Waals surface area contributed by atoms with E-state index < -0.39 is 11.6 Å². The minimum absolute atomic E-state index is 0.00316. The normalized spacial score (nSPS) is 12.3. The Morgan fingerprint density at radius 3 is 2.55 bits per heavy atom. The highest BCUT2D eigenvalue weighted by molar-refractivity contribution is 6.08. The van der Waals surface area contributed by atoms with Crippen molar-refractivity contribution in [3.05, 3.63) is 65.9 Å². The van der Waals surface area contributed by atoms with Crippen LogP contribution in [0.15, 0.2) is 43.0 Å². The number of aromatic nitrogens is 2. The molecule has 0 bridgehead atoms. The summed E-state index contributed by atoms with van der Waals surface area (Å²) in [5.41, 5.74) is 8.29. The lowest BCUT2D eigenvalue weighted by Crippen LogP contribution is -2.39. The van der Waals surface area contributed by atoms with Gasteiger partial charge in [0.15, 0.2) is 11.6 Å². The number of aryl methyl sites for hydroxylation is 1. The summed E-state index contributed by atoms with van der Waals surface area (Å²) < 4.78 is 28.5. The Morgan fingerprint density at radius 1 is 1.21 bits per heavy atom. The number of anilines is 2. The summed E-state index contributed by atoms with van der Waals surface area (Å²) in [4.78, 5) is 19.4. The molecule has 0 fully saturated rings. The zero-order valence-electron chi connectivity index (χ0n) is 19.8. The molecule has 0 saturated heterocycles. The predicted molar refractivity (Wildman–Crippen MR) is 131 cm³/mol. The Hall–Kier alpha value is -3.26. The van der Waals surface area contributed by atoms with E-state index in [4.69, 9.17) is 5.73 Å². The summed E-state index contributed by atoms with van der Waals surface area (Å²) >= 11 is 0. The van der Waals surface area contributed by atoms with Gasteiger partial charge in [0, 0.05) is 49.4 Å². The first-order valence-electron chi connectivity index (χ1n) is 11.2. The SMILES string of the molecule is C=CC.CC.Cn1c2c(c3ccc(Nc4ccc(F)c(F)c4)nc31)C(=O)N(CCCN)CC2. The van der Waals surface area contributed by atoms with Crippen LogP contribution in [0.3, 0.4) is 0 Å². The highest BCUT2D eigenvalue weighted by atomic mass is 19.2. The molecule has 0 radical (unpaired) electrons.